The molecule has 1 aromatic rings. The summed E-state index contributed by atoms with van der Waals surface area (Å²) < 4.78 is 0. The van der Waals surface area contributed by atoms with Crippen molar-refractivity contribution in [2.75, 3.05) is 26.2 Å². The zero-order valence-electron chi connectivity index (χ0n) is 14.1. The zero-order chi connectivity index (χ0) is 17.0. The smallest absolute Gasteiger partial charge is 0.227 e. The van der Waals surface area contributed by atoms with E-state index in [-0.39, 0.29) is 36.2 Å². The number of carbonyl (C=O) groups is 2. The topological polar surface area (TPSA) is 66.6 Å². The molecule has 2 rings (SSSR count). The summed E-state index contributed by atoms with van der Waals surface area (Å²) in [5.41, 5.74) is 6.47. The van der Waals surface area contributed by atoms with Crippen LogP contribution in [0.2, 0.25) is 5.02 Å². The van der Waals surface area contributed by atoms with Gasteiger partial charge in [0.2, 0.25) is 11.8 Å². The van der Waals surface area contributed by atoms with Gasteiger partial charge in [0.1, 0.15) is 0 Å². The van der Waals surface area contributed by atoms with Gasteiger partial charge >= 0.3 is 0 Å². The maximum atomic E-state index is 12.5. The van der Waals surface area contributed by atoms with Gasteiger partial charge in [-0.3, -0.25) is 9.59 Å². The second-order valence-corrected chi connectivity index (χ2v) is 6.60. The fraction of sp³-hybridized carbons (Fsp3) is 0.529. The molecule has 2 atom stereocenters. The van der Waals surface area contributed by atoms with Crippen LogP contribution in [-0.4, -0.2) is 53.8 Å². The Morgan fingerprint density at radius 1 is 1.38 bits per heavy atom. The van der Waals surface area contributed by atoms with Crippen molar-refractivity contribution in [3.63, 3.8) is 0 Å². The molecule has 134 valence electrons. The highest BCUT2D eigenvalue weighted by atomic mass is 35.5. The predicted octanol–water partition coefficient (Wildman–Crippen LogP) is 1.96. The molecule has 1 fully saturated rings. The Morgan fingerprint density at radius 2 is 2.08 bits per heavy atom. The van der Waals surface area contributed by atoms with Crippen LogP contribution in [-0.2, 0) is 16.0 Å². The molecule has 0 aromatic heterocycles. The van der Waals surface area contributed by atoms with E-state index in [9.17, 15) is 9.59 Å². The molecule has 2 N–H and O–H groups in total. The van der Waals surface area contributed by atoms with E-state index in [1.54, 1.807) is 6.07 Å². The zero-order valence-corrected chi connectivity index (χ0v) is 15.6. The molecular weight excluding hydrogens is 349 g/mol. The van der Waals surface area contributed by atoms with Gasteiger partial charge in [-0.2, -0.15) is 0 Å². The number of halogens is 2. The second-order valence-electron chi connectivity index (χ2n) is 6.16. The van der Waals surface area contributed by atoms with Gasteiger partial charge in [0, 0.05) is 43.2 Å². The van der Waals surface area contributed by atoms with Gasteiger partial charge in [-0.15, -0.1) is 12.4 Å². The van der Waals surface area contributed by atoms with E-state index in [0.29, 0.717) is 37.6 Å². The largest absolute Gasteiger partial charge is 0.339 e. The maximum Gasteiger partial charge on any atom is 0.227 e. The van der Waals surface area contributed by atoms with Crippen LogP contribution in [0.1, 0.15) is 19.4 Å². The Bertz CT molecular complexity index is 583. The lowest BCUT2D eigenvalue weighted by Crippen LogP contribution is -2.56. The minimum atomic E-state index is -0.170. The van der Waals surface area contributed by atoms with Crippen LogP contribution in [0, 0.1) is 5.92 Å². The lowest BCUT2D eigenvalue weighted by molar-refractivity contribution is -0.144. The summed E-state index contributed by atoms with van der Waals surface area (Å²) in [6, 6.07) is 7.36. The number of nitrogens with zero attached hydrogens (tertiary/aromatic N) is 2. The van der Waals surface area contributed by atoms with Crippen molar-refractivity contribution < 1.29 is 9.59 Å². The maximum absolute atomic E-state index is 12.5. The number of benzene rings is 1. The van der Waals surface area contributed by atoms with Gasteiger partial charge in [0.05, 0.1) is 6.42 Å². The van der Waals surface area contributed by atoms with E-state index in [2.05, 4.69) is 0 Å². The highest BCUT2D eigenvalue weighted by Crippen LogP contribution is 2.16. The lowest BCUT2D eigenvalue weighted by atomic mass is 10.1. The highest BCUT2D eigenvalue weighted by Gasteiger charge is 2.30. The van der Waals surface area contributed by atoms with Crippen LogP contribution in [0.5, 0.6) is 0 Å². The van der Waals surface area contributed by atoms with E-state index in [1.807, 2.05) is 41.8 Å². The highest BCUT2D eigenvalue weighted by molar-refractivity contribution is 6.30. The monoisotopic (exact) mass is 373 g/mol. The van der Waals surface area contributed by atoms with Crippen LogP contribution in [0.4, 0.5) is 0 Å². The molecular formula is C17H25Cl2N3O2. The van der Waals surface area contributed by atoms with Gasteiger partial charge in [-0.1, -0.05) is 30.7 Å². The Hall–Kier alpha value is -1.30. The molecule has 7 heteroatoms. The van der Waals surface area contributed by atoms with E-state index in [0.717, 1.165) is 5.56 Å². The molecule has 24 heavy (non-hydrogen) atoms. The van der Waals surface area contributed by atoms with Crippen LogP contribution in [0.15, 0.2) is 24.3 Å². The molecule has 2 unspecified atom stereocenters. The molecule has 1 aliphatic rings. The van der Waals surface area contributed by atoms with Gasteiger partial charge in [-0.05, 0) is 24.6 Å². The summed E-state index contributed by atoms with van der Waals surface area (Å²) in [5, 5.41) is 0.634. The standard InChI is InChI=1S/C17H24ClN3O2.ClH/c1-12(10-19)17(23)20-6-7-21(13(2)11-20)16(22)9-14-4-3-5-15(18)8-14;/h3-5,8,12-13H,6-7,9-11,19H2,1-2H3;1H. The molecule has 5 nitrogen and oxygen atoms in total. The number of nitrogens with two attached hydrogens (primary N) is 1. The first kappa shape index (κ1) is 20.7. The number of piperazine rings is 1. The number of amides is 2. The average molecular weight is 374 g/mol. The van der Waals surface area contributed by atoms with Crippen molar-refractivity contribution in [3.05, 3.63) is 34.9 Å². The van der Waals surface area contributed by atoms with Crippen LogP contribution >= 0.6 is 24.0 Å². The van der Waals surface area contributed by atoms with Crippen molar-refractivity contribution >= 4 is 35.8 Å². The summed E-state index contributed by atoms with van der Waals surface area (Å²) >= 11 is 5.96. The summed E-state index contributed by atoms with van der Waals surface area (Å²) in [4.78, 5) is 28.4. The number of rotatable bonds is 4. The van der Waals surface area contributed by atoms with E-state index in [1.165, 1.54) is 0 Å². The van der Waals surface area contributed by atoms with Crippen molar-refractivity contribution in [1.82, 2.24) is 9.80 Å². The molecule has 1 heterocycles. The average Bonchev–Trinajstić information content (AvgIpc) is 2.53. The molecule has 0 saturated carbocycles. The molecule has 2 amide bonds. The minimum absolute atomic E-state index is 0. The molecule has 0 spiro atoms. The first-order chi connectivity index (χ1) is 10.9. The third-order valence-corrected chi connectivity index (χ3v) is 4.51. The van der Waals surface area contributed by atoms with Crippen molar-refractivity contribution in [2.45, 2.75) is 26.3 Å². The molecule has 0 radical (unpaired) electrons. The van der Waals surface area contributed by atoms with E-state index >= 15 is 0 Å². The number of hydrogen-bond acceptors (Lipinski definition) is 3. The first-order valence-corrected chi connectivity index (χ1v) is 8.33. The Balaban J connectivity index is 0.00000288. The Morgan fingerprint density at radius 3 is 2.67 bits per heavy atom. The van der Waals surface area contributed by atoms with Gasteiger partial charge < -0.3 is 15.5 Å². The fourth-order valence-corrected chi connectivity index (χ4v) is 3.08. The van der Waals surface area contributed by atoms with E-state index < -0.39 is 0 Å². The first-order valence-electron chi connectivity index (χ1n) is 7.95. The van der Waals surface area contributed by atoms with Crippen molar-refractivity contribution in [2.24, 2.45) is 11.7 Å². The normalized spacial score (nSPS) is 18.8. The summed E-state index contributed by atoms with van der Waals surface area (Å²) in [6.07, 6.45) is 0.331. The third-order valence-electron chi connectivity index (χ3n) is 4.28. The van der Waals surface area contributed by atoms with Crippen LogP contribution in [0.25, 0.3) is 0 Å². The molecule has 1 saturated heterocycles. The Kier molecular flexibility index (Phi) is 8.00. The lowest BCUT2D eigenvalue weighted by Gasteiger charge is -2.40. The summed E-state index contributed by atoms with van der Waals surface area (Å²) in [7, 11) is 0. The second kappa shape index (κ2) is 9.25. The van der Waals surface area contributed by atoms with Crippen LogP contribution in [0.3, 0.4) is 0 Å². The summed E-state index contributed by atoms with van der Waals surface area (Å²) in [6.45, 7) is 5.84. The minimum Gasteiger partial charge on any atom is -0.339 e. The van der Waals surface area contributed by atoms with Gasteiger partial charge in [0.15, 0.2) is 0 Å². The molecule has 1 aromatic carbocycles. The third kappa shape index (κ3) is 5.10. The quantitative estimate of drug-likeness (QED) is 0.876. The summed E-state index contributed by atoms with van der Waals surface area (Å²) in [5.74, 6) is -0.0315. The number of carbonyl (C=O) groups excluding carboxylic acids is 2. The van der Waals surface area contributed by atoms with Crippen molar-refractivity contribution in [3.8, 4) is 0 Å². The predicted molar refractivity (Wildman–Crippen MR) is 98.4 cm³/mol. The molecule has 0 bridgehead atoms. The molecule has 0 aliphatic carbocycles. The van der Waals surface area contributed by atoms with Crippen molar-refractivity contribution in [1.29, 1.82) is 0 Å². The molecule has 1 aliphatic heterocycles. The SMILES string of the molecule is CC(CN)C(=O)N1CCN(C(=O)Cc2cccc(Cl)c2)C(C)C1.Cl. The van der Waals surface area contributed by atoms with Crippen LogP contribution < -0.4 is 5.73 Å². The Labute approximate surface area is 154 Å². The van der Waals surface area contributed by atoms with Gasteiger partial charge in [-0.25, -0.2) is 0 Å². The van der Waals surface area contributed by atoms with E-state index in [4.69, 9.17) is 17.3 Å². The van der Waals surface area contributed by atoms with Gasteiger partial charge in [0.25, 0.3) is 0 Å². The fourth-order valence-electron chi connectivity index (χ4n) is 2.86. The number of hydrogen-bond donors (Lipinski definition) is 1.